The van der Waals surface area contributed by atoms with Gasteiger partial charge in [-0.3, -0.25) is 0 Å². The van der Waals surface area contributed by atoms with E-state index in [1.54, 1.807) is 0 Å². The highest BCUT2D eigenvalue weighted by Crippen LogP contribution is 2.15. The molecule has 0 saturated carbocycles. The molecule has 0 aliphatic carbocycles. The van der Waals surface area contributed by atoms with Crippen molar-refractivity contribution < 1.29 is 0 Å². The average Bonchev–Trinajstić information content (AvgIpc) is 3.37. The van der Waals surface area contributed by atoms with Crippen molar-refractivity contribution in [1.82, 2.24) is 39.5 Å². The number of hydrogen-bond donors (Lipinski definition) is 6. The van der Waals surface area contributed by atoms with Crippen LogP contribution in [0.3, 0.4) is 0 Å². The molecule has 14 heteroatoms. The van der Waals surface area contributed by atoms with Crippen LogP contribution in [-0.2, 0) is 19.5 Å². The van der Waals surface area contributed by atoms with Crippen molar-refractivity contribution in [3.63, 3.8) is 0 Å². The molecule has 36 heavy (non-hydrogen) atoms. The molecule has 0 aliphatic heterocycles. The van der Waals surface area contributed by atoms with Gasteiger partial charge in [0, 0.05) is 44.9 Å². The number of rotatable bonds is 11. The molecule has 14 nitrogen and oxygen atoms in total. The highest BCUT2D eigenvalue weighted by atomic mass is 15.3. The van der Waals surface area contributed by atoms with Crippen LogP contribution in [0.4, 0.5) is 35.7 Å². The zero-order valence-corrected chi connectivity index (χ0v) is 20.7. The highest BCUT2D eigenvalue weighted by molar-refractivity contribution is 5.41. The summed E-state index contributed by atoms with van der Waals surface area (Å²) in [4.78, 5) is 29.9. The van der Waals surface area contributed by atoms with Crippen LogP contribution in [0.5, 0.6) is 0 Å². The van der Waals surface area contributed by atoms with Gasteiger partial charge in [0.25, 0.3) is 0 Å². The van der Waals surface area contributed by atoms with Crippen LogP contribution in [0.2, 0.25) is 0 Å². The Kier molecular flexibility index (Phi) is 7.32. The maximum Gasteiger partial charge on any atom is 0.233 e. The van der Waals surface area contributed by atoms with Gasteiger partial charge in [-0.05, 0) is 48.9 Å². The van der Waals surface area contributed by atoms with Gasteiger partial charge >= 0.3 is 0 Å². The van der Waals surface area contributed by atoms with Gasteiger partial charge in [0.05, 0.1) is 6.67 Å². The van der Waals surface area contributed by atoms with Crippen molar-refractivity contribution in [3.05, 3.63) is 47.0 Å². The third-order valence-electron chi connectivity index (χ3n) is 5.63. The zero-order chi connectivity index (χ0) is 25.7. The average molecular weight is 493 g/mol. The summed E-state index contributed by atoms with van der Waals surface area (Å²) in [5, 5.41) is 6.37. The molecule has 0 aromatic carbocycles. The van der Waals surface area contributed by atoms with E-state index >= 15 is 0 Å². The normalized spacial score (nSPS) is 11.0. The van der Waals surface area contributed by atoms with Crippen LogP contribution in [0, 0.1) is 13.8 Å². The molecule has 0 radical (unpaired) electrons. The zero-order valence-electron chi connectivity index (χ0n) is 20.7. The number of nitrogen functional groups attached to an aromatic ring is 3. The van der Waals surface area contributed by atoms with Crippen molar-refractivity contribution in [2.45, 2.75) is 33.4 Å². The van der Waals surface area contributed by atoms with E-state index in [-0.39, 0.29) is 17.8 Å². The Morgan fingerprint density at radius 2 is 1.39 bits per heavy atom. The van der Waals surface area contributed by atoms with Gasteiger partial charge in [0.2, 0.25) is 35.7 Å². The standard InChI is InChI=1S/C22H32N14/c1-13-8-26-9-15(13)4-6-28-21-32-19(25)33-22(34-21)35(3)12-36-10-14(2)16(11-36)5-7-27-20-30-17(23)29-18(24)31-20/h8-11,26H,4-7,12H2,1-3H3,(H3,25,28,32,33,34)(H5,23,24,27,29,30,31). The van der Waals surface area contributed by atoms with Crippen molar-refractivity contribution >= 4 is 35.7 Å². The minimum atomic E-state index is 0.0865. The Bertz CT molecular complexity index is 1290. The fourth-order valence-electron chi connectivity index (χ4n) is 3.80. The van der Waals surface area contributed by atoms with E-state index < -0.39 is 0 Å². The SMILES string of the molecule is Cc1cn(CN(C)c2nc(N)nc(NCCc3c[nH]cc3C)n2)cc1CCNc1nc(N)nc(N)n1. The number of hydrogen-bond acceptors (Lipinski definition) is 12. The molecular formula is C22H32N14. The molecule has 9 N–H and O–H groups in total. The minimum Gasteiger partial charge on any atom is -0.368 e. The summed E-state index contributed by atoms with van der Waals surface area (Å²) in [5.41, 5.74) is 22.0. The van der Waals surface area contributed by atoms with Crippen molar-refractivity contribution in [1.29, 1.82) is 0 Å². The molecule has 4 aromatic heterocycles. The summed E-state index contributed by atoms with van der Waals surface area (Å²) in [6, 6.07) is 0. The molecule has 0 saturated heterocycles. The second-order valence-corrected chi connectivity index (χ2v) is 8.53. The number of anilines is 6. The Balaban J connectivity index is 1.33. The van der Waals surface area contributed by atoms with Crippen molar-refractivity contribution in [2.75, 3.05) is 52.9 Å². The topological polar surface area (TPSA) is 203 Å². The number of nitrogens with zero attached hydrogens (tertiary/aromatic N) is 8. The Morgan fingerprint density at radius 1 is 0.778 bits per heavy atom. The number of aromatic amines is 1. The van der Waals surface area contributed by atoms with Gasteiger partial charge < -0.3 is 42.3 Å². The molecular weight excluding hydrogens is 460 g/mol. The molecule has 0 aliphatic rings. The fraction of sp³-hybridized carbons (Fsp3) is 0.364. The van der Waals surface area contributed by atoms with Gasteiger partial charge in [-0.25, -0.2) is 0 Å². The molecule has 4 rings (SSSR count). The van der Waals surface area contributed by atoms with E-state index in [9.17, 15) is 0 Å². The number of aryl methyl sites for hydroxylation is 2. The third kappa shape index (κ3) is 6.28. The molecule has 0 bridgehead atoms. The maximum atomic E-state index is 5.95. The van der Waals surface area contributed by atoms with E-state index in [0.717, 1.165) is 18.4 Å². The second-order valence-electron chi connectivity index (χ2n) is 8.53. The fourth-order valence-corrected chi connectivity index (χ4v) is 3.80. The van der Waals surface area contributed by atoms with Crippen LogP contribution in [0.15, 0.2) is 24.8 Å². The lowest BCUT2D eigenvalue weighted by molar-refractivity contribution is 0.669. The van der Waals surface area contributed by atoms with E-state index in [1.165, 1.54) is 16.7 Å². The Labute approximate surface area is 208 Å². The number of aromatic nitrogens is 8. The second kappa shape index (κ2) is 10.8. The summed E-state index contributed by atoms with van der Waals surface area (Å²) in [7, 11) is 1.91. The predicted octanol–water partition coefficient (Wildman–Crippen LogP) is 0.953. The van der Waals surface area contributed by atoms with Gasteiger partial charge in [0.15, 0.2) is 0 Å². The molecule has 0 amide bonds. The summed E-state index contributed by atoms with van der Waals surface area (Å²) >= 11 is 0. The van der Waals surface area contributed by atoms with E-state index in [2.05, 4.69) is 76.3 Å². The minimum absolute atomic E-state index is 0.0865. The summed E-state index contributed by atoms with van der Waals surface area (Å²) in [6.45, 7) is 5.99. The van der Waals surface area contributed by atoms with Crippen LogP contribution in [-0.4, -0.2) is 59.6 Å². The van der Waals surface area contributed by atoms with E-state index in [1.807, 2.05) is 24.3 Å². The first-order valence-electron chi connectivity index (χ1n) is 11.5. The lowest BCUT2D eigenvalue weighted by Crippen LogP contribution is -2.24. The number of H-pyrrole nitrogens is 1. The first kappa shape index (κ1) is 24.5. The van der Waals surface area contributed by atoms with E-state index in [4.69, 9.17) is 17.2 Å². The number of nitrogens with one attached hydrogen (secondary N) is 3. The summed E-state index contributed by atoms with van der Waals surface area (Å²) in [5.74, 6) is 1.64. The summed E-state index contributed by atoms with van der Waals surface area (Å²) in [6.07, 6.45) is 9.76. The maximum absolute atomic E-state index is 5.95. The largest absolute Gasteiger partial charge is 0.368 e. The third-order valence-corrected chi connectivity index (χ3v) is 5.63. The van der Waals surface area contributed by atoms with Gasteiger partial charge in [-0.15, -0.1) is 0 Å². The monoisotopic (exact) mass is 492 g/mol. The molecule has 4 aromatic rings. The van der Waals surface area contributed by atoms with Gasteiger partial charge in [-0.1, -0.05) is 0 Å². The first-order chi connectivity index (χ1) is 17.3. The van der Waals surface area contributed by atoms with Crippen LogP contribution < -0.4 is 32.7 Å². The molecule has 0 fully saturated rings. The predicted molar refractivity (Wildman–Crippen MR) is 140 cm³/mol. The smallest absolute Gasteiger partial charge is 0.233 e. The molecule has 0 unspecified atom stereocenters. The molecule has 4 heterocycles. The van der Waals surface area contributed by atoms with Gasteiger partial charge in [-0.2, -0.15) is 29.9 Å². The lowest BCUT2D eigenvalue weighted by atomic mass is 10.1. The van der Waals surface area contributed by atoms with Crippen LogP contribution in [0.25, 0.3) is 0 Å². The molecule has 190 valence electrons. The lowest BCUT2D eigenvalue weighted by Gasteiger charge is -2.18. The Hall–Kier alpha value is -4.62. The van der Waals surface area contributed by atoms with Gasteiger partial charge in [0.1, 0.15) is 0 Å². The highest BCUT2D eigenvalue weighted by Gasteiger charge is 2.12. The Morgan fingerprint density at radius 3 is 2.03 bits per heavy atom. The van der Waals surface area contributed by atoms with Crippen molar-refractivity contribution in [2.24, 2.45) is 0 Å². The first-order valence-corrected chi connectivity index (χ1v) is 11.5. The van der Waals surface area contributed by atoms with Crippen molar-refractivity contribution in [3.8, 4) is 0 Å². The quantitative estimate of drug-likeness (QED) is 0.173. The summed E-state index contributed by atoms with van der Waals surface area (Å²) < 4.78 is 2.07. The molecule has 0 spiro atoms. The molecule has 0 atom stereocenters. The number of nitrogens with two attached hydrogens (primary N) is 3. The van der Waals surface area contributed by atoms with Crippen LogP contribution in [0.1, 0.15) is 22.3 Å². The van der Waals surface area contributed by atoms with Crippen LogP contribution >= 0.6 is 0 Å². The van der Waals surface area contributed by atoms with E-state index in [0.29, 0.717) is 37.6 Å².